The van der Waals surface area contributed by atoms with Crippen LogP contribution < -0.4 is 0 Å². The lowest BCUT2D eigenvalue weighted by Gasteiger charge is -2.02. The van der Waals surface area contributed by atoms with E-state index in [1.807, 2.05) is 0 Å². The van der Waals surface area contributed by atoms with Crippen molar-refractivity contribution in [3.05, 3.63) is 39.4 Å². The predicted molar refractivity (Wildman–Crippen MR) is 38.0 cm³/mol. The molecule has 0 aliphatic heterocycles. The molecule has 0 N–H and O–H groups in total. The van der Waals surface area contributed by atoms with Gasteiger partial charge in [0.1, 0.15) is 17.2 Å². The number of nitrogens with zero attached hydrogens (tertiary/aromatic N) is 1. The largest absolute Gasteiger partial charge is 0.284 e. The first kappa shape index (κ1) is 10.4. The Morgan fingerprint density at radius 3 is 2.29 bits per heavy atom. The van der Waals surface area contributed by atoms with Gasteiger partial charge in [-0.3, -0.25) is 10.1 Å². The van der Waals surface area contributed by atoms with Gasteiger partial charge >= 0.3 is 0 Å². The zero-order valence-corrected chi connectivity index (χ0v) is 6.51. The maximum absolute atomic E-state index is 12.7. The van der Waals surface area contributed by atoms with E-state index >= 15 is 0 Å². The maximum Gasteiger partial charge on any atom is 0.284 e. The molecule has 3 nitrogen and oxygen atoms in total. The van der Waals surface area contributed by atoms with Crippen LogP contribution in [0, 0.1) is 21.7 Å². The van der Waals surface area contributed by atoms with E-state index in [9.17, 15) is 27.7 Å². The standard InChI is InChI=1S/C7H3F4NO2/c8-3-1-4(9)6(7(10)11)5(2-3)12(13)14/h1-2,7H. The molecule has 76 valence electrons. The summed E-state index contributed by atoms with van der Waals surface area (Å²) in [7, 11) is 0. The summed E-state index contributed by atoms with van der Waals surface area (Å²) in [6.45, 7) is 0. The minimum atomic E-state index is -3.35. The van der Waals surface area contributed by atoms with Gasteiger partial charge in [0, 0.05) is 6.07 Å². The number of nitro groups is 1. The molecule has 0 bridgehead atoms. The number of rotatable bonds is 2. The van der Waals surface area contributed by atoms with E-state index < -0.39 is 34.2 Å². The number of halogens is 4. The van der Waals surface area contributed by atoms with Crippen molar-refractivity contribution in [1.29, 1.82) is 0 Å². The van der Waals surface area contributed by atoms with E-state index in [1.165, 1.54) is 0 Å². The van der Waals surface area contributed by atoms with Crippen LogP contribution >= 0.6 is 0 Å². The summed E-state index contributed by atoms with van der Waals surface area (Å²) in [4.78, 5) is 8.91. The SMILES string of the molecule is O=[N+]([O-])c1cc(F)cc(F)c1C(F)F. The van der Waals surface area contributed by atoms with Crippen molar-refractivity contribution in [2.24, 2.45) is 0 Å². The summed E-state index contributed by atoms with van der Waals surface area (Å²) in [5.41, 5.74) is -2.64. The van der Waals surface area contributed by atoms with E-state index in [2.05, 4.69) is 0 Å². The van der Waals surface area contributed by atoms with Crippen LogP contribution in [0.1, 0.15) is 12.0 Å². The second-order valence-corrected chi connectivity index (χ2v) is 2.38. The second-order valence-electron chi connectivity index (χ2n) is 2.38. The summed E-state index contributed by atoms with van der Waals surface area (Å²) in [5.74, 6) is -2.88. The second kappa shape index (κ2) is 3.60. The summed E-state index contributed by atoms with van der Waals surface area (Å²) in [5, 5.41) is 10.2. The molecule has 0 unspecified atom stereocenters. The highest BCUT2D eigenvalue weighted by Gasteiger charge is 2.27. The zero-order chi connectivity index (χ0) is 10.9. The molecule has 7 heteroatoms. The van der Waals surface area contributed by atoms with Crippen LogP contribution in [0.4, 0.5) is 23.2 Å². The smallest absolute Gasteiger partial charge is 0.258 e. The molecule has 0 saturated heterocycles. The summed E-state index contributed by atoms with van der Waals surface area (Å²) >= 11 is 0. The monoisotopic (exact) mass is 209 g/mol. The molecular weight excluding hydrogens is 206 g/mol. The minimum absolute atomic E-state index is 0.175. The molecule has 0 aliphatic carbocycles. The third-order valence-corrected chi connectivity index (χ3v) is 1.49. The van der Waals surface area contributed by atoms with Gasteiger partial charge in [0.15, 0.2) is 0 Å². The highest BCUT2D eigenvalue weighted by Crippen LogP contribution is 2.31. The fourth-order valence-electron chi connectivity index (χ4n) is 0.938. The van der Waals surface area contributed by atoms with Gasteiger partial charge in [-0.15, -0.1) is 0 Å². The zero-order valence-electron chi connectivity index (χ0n) is 6.51. The van der Waals surface area contributed by atoms with Crippen molar-refractivity contribution in [3.63, 3.8) is 0 Å². The molecule has 0 aromatic heterocycles. The van der Waals surface area contributed by atoms with Crippen LogP contribution in [0.3, 0.4) is 0 Å². The predicted octanol–water partition coefficient (Wildman–Crippen LogP) is 2.81. The van der Waals surface area contributed by atoms with Gasteiger partial charge in [-0.2, -0.15) is 0 Å². The third-order valence-electron chi connectivity index (χ3n) is 1.49. The van der Waals surface area contributed by atoms with Crippen molar-refractivity contribution >= 4 is 5.69 Å². The number of hydrogen-bond acceptors (Lipinski definition) is 2. The van der Waals surface area contributed by atoms with E-state index in [-0.39, 0.29) is 12.1 Å². The number of alkyl halides is 2. The molecule has 1 aromatic rings. The lowest BCUT2D eigenvalue weighted by molar-refractivity contribution is -0.386. The van der Waals surface area contributed by atoms with Crippen LogP contribution in [0.2, 0.25) is 0 Å². The van der Waals surface area contributed by atoms with Crippen molar-refractivity contribution < 1.29 is 22.5 Å². The van der Waals surface area contributed by atoms with Crippen molar-refractivity contribution in [2.75, 3.05) is 0 Å². The fraction of sp³-hybridized carbons (Fsp3) is 0.143. The molecule has 1 aromatic carbocycles. The molecule has 14 heavy (non-hydrogen) atoms. The summed E-state index contributed by atoms with van der Waals surface area (Å²) < 4.78 is 49.4. The minimum Gasteiger partial charge on any atom is -0.258 e. The van der Waals surface area contributed by atoms with Crippen LogP contribution in [0.5, 0.6) is 0 Å². The first-order valence-corrected chi connectivity index (χ1v) is 3.35. The lowest BCUT2D eigenvalue weighted by Crippen LogP contribution is -2.00. The Labute approximate surface area is 75.1 Å². The Kier molecular flexibility index (Phi) is 2.68. The Morgan fingerprint density at radius 1 is 1.29 bits per heavy atom. The molecule has 0 spiro atoms. The summed E-state index contributed by atoms with van der Waals surface area (Å²) in [6.07, 6.45) is -3.35. The van der Waals surface area contributed by atoms with Gasteiger partial charge in [-0.05, 0) is 0 Å². The number of hydrogen-bond donors (Lipinski definition) is 0. The highest BCUT2D eigenvalue weighted by molar-refractivity contribution is 5.42. The van der Waals surface area contributed by atoms with Crippen LogP contribution in [0.25, 0.3) is 0 Å². The Balaban J connectivity index is 3.44. The molecule has 1 rings (SSSR count). The molecule has 0 aliphatic rings. The lowest BCUT2D eigenvalue weighted by atomic mass is 10.1. The van der Waals surface area contributed by atoms with Gasteiger partial charge in [-0.25, -0.2) is 17.6 Å². The van der Waals surface area contributed by atoms with E-state index in [0.717, 1.165) is 0 Å². The van der Waals surface area contributed by atoms with Gasteiger partial charge in [0.05, 0.1) is 11.0 Å². The Hall–Kier alpha value is -1.66. The maximum atomic E-state index is 12.7. The third kappa shape index (κ3) is 1.81. The van der Waals surface area contributed by atoms with Gasteiger partial charge in [0.25, 0.3) is 12.1 Å². The Morgan fingerprint density at radius 2 is 1.86 bits per heavy atom. The highest BCUT2D eigenvalue weighted by atomic mass is 19.3. The number of benzene rings is 1. The van der Waals surface area contributed by atoms with Crippen molar-refractivity contribution in [3.8, 4) is 0 Å². The molecule has 0 radical (unpaired) electrons. The molecule has 0 fully saturated rings. The molecule has 0 atom stereocenters. The van der Waals surface area contributed by atoms with Gasteiger partial charge in [0.2, 0.25) is 0 Å². The van der Waals surface area contributed by atoms with Gasteiger partial charge in [-0.1, -0.05) is 0 Å². The van der Waals surface area contributed by atoms with E-state index in [4.69, 9.17) is 0 Å². The summed E-state index contributed by atoms with van der Waals surface area (Å²) in [6, 6.07) is 0.430. The number of nitro benzene ring substituents is 1. The first-order chi connectivity index (χ1) is 6.43. The van der Waals surface area contributed by atoms with E-state index in [0.29, 0.717) is 0 Å². The van der Waals surface area contributed by atoms with Crippen molar-refractivity contribution in [1.82, 2.24) is 0 Å². The Bertz CT molecular complexity index is 380. The first-order valence-electron chi connectivity index (χ1n) is 3.35. The van der Waals surface area contributed by atoms with Gasteiger partial charge < -0.3 is 0 Å². The molecule has 0 amide bonds. The van der Waals surface area contributed by atoms with Crippen molar-refractivity contribution in [2.45, 2.75) is 6.43 Å². The molecule has 0 heterocycles. The van der Waals surface area contributed by atoms with Crippen LogP contribution in [0.15, 0.2) is 12.1 Å². The van der Waals surface area contributed by atoms with Crippen LogP contribution in [-0.2, 0) is 0 Å². The fourth-order valence-corrected chi connectivity index (χ4v) is 0.938. The quantitative estimate of drug-likeness (QED) is 0.427. The normalized spacial score (nSPS) is 10.6. The molecular formula is C7H3F4NO2. The average Bonchev–Trinajstić information content (AvgIpc) is 2.01. The average molecular weight is 209 g/mol. The van der Waals surface area contributed by atoms with E-state index in [1.54, 1.807) is 0 Å². The molecule has 0 saturated carbocycles. The van der Waals surface area contributed by atoms with Crippen LogP contribution in [-0.4, -0.2) is 4.92 Å². The topological polar surface area (TPSA) is 43.1 Å².